The highest BCUT2D eigenvalue weighted by molar-refractivity contribution is 5.80. The third kappa shape index (κ3) is 3.51. The van der Waals surface area contributed by atoms with Crippen molar-refractivity contribution in [3.63, 3.8) is 0 Å². The molecule has 0 amide bonds. The number of rotatable bonds is 5. The molecule has 0 saturated carbocycles. The van der Waals surface area contributed by atoms with Gasteiger partial charge >= 0.3 is 5.97 Å². The molecular weight excluding hydrogens is 292 g/mol. The van der Waals surface area contributed by atoms with Crippen LogP contribution >= 0.6 is 0 Å². The monoisotopic (exact) mass is 310 g/mol. The van der Waals surface area contributed by atoms with Crippen molar-refractivity contribution in [1.29, 1.82) is 0 Å². The van der Waals surface area contributed by atoms with E-state index in [4.69, 9.17) is 9.47 Å². The fraction of sp³-hybridized carbons (Fsp3) is 0.222. The van der Waals surface area contributed by atoms with E-state index in [-0.39, 0.29) is 12.6 Å². The highest BCUT2D eigenvalue weighted by Crippen LogP contribution is 2.23. The van der Waals surface area contributed by atoms with Gasteiger partial charge in [-0.05, 0) is 55.8 Å². The predicted molar refractivity (Wildman–Crippen MR) is 88.4 cm³/mol. The summed E-state index contributed by atoms with van der Waals surface area (Å²) in [6.45, 7) is 4.08. The quantitative estimate of drug-likeness (QED) is 0.733. The molecule has 0 bridgehead atoms. The van der Waals surface area contributed by atoms with Crippen LogP contribution in [0, 0.1) is 6.92 Å². The number of esters is 1. The molecule has 0 unspecified atom stereocenters. The Balaban J connectivity index is 1.74. The van der Waals surface area contributed by atoms with Gasteiger partial charge in [-0.3, -0.25) is 0 Å². The Labute approximate surface area is 134 Å². The number of aromatic amines is 1. The number of aromatic nitrogens is 2. The van der Waals surface area contributed by atoms with Crippen molar-refractivity contribution in [3.05, 3.63) is 48.0 Å². The van der Waals surface area contributed by atoms with Crippen LogP contribution in [-0.2, 0) is 9.53 Å². The zero-order chi connectivity index (χ0) is 16.2. The number of carbonyl (C=O) groups is 1. The van der Waals surface area contributed by atoms with Crippen molar-refractivity contribution in [3.8, 4) is 17.1 Å². The SMILES string of the molecule is CCOC(=O)COc1ccc(-c2nc3ccc(C)cc3[nH]2)cc1. The van der Waals surface area contributed by atoms with Crippen LogP contribution in [0.4, 0.5) is 0 Å². The second-order valence-corrected chi connectivity index (χ2v) is 5.22. The van der Waals surface area contributed by atoms with Crippen molar-refractivity contribution >= 4 is 17.0 Å². The van der Waals surface area contributed by atoms with Gasteiger partial charge in [-0.1, -0.05) is 6.07 Å². The summed E-state index contributed by atoms with van der Waals surface area (Å²) in [5.41, 5.74) is 4.11. The first kappa shape index (κ1) is 15.1. The summed E-state index contributed by atoms with van der Waals surface area (Å²) in [6.07, 6.45) is 0. The highest BCUT2D eigenvalue weighted by atomic mass is 16.6. The van der Waals surface area contributed by atoms with E-state index in [9.17, 15) is 4.79 Å². The Kier molecular flexibility index (Phi) is 4.28. The van der Waals surface area contributed by atoms with Gasteiger partial charge in [-0.15, -0.1) is 0 Å². The van der Waals surface area contributed by atoms with E-state index in [0.29, 0.717) is 12.4 Å². The van der Waals surface area contributed by atoms with Gasteiger partial charge in [0.1, 0.15) is 11.6 Å². The minimum Gasteiger partial charge on any atom is -0.482 e. The summed E-state index contributed by atoms with van der Waals surface area (Å²) in [6, 6.07) is 13.6. The lowest BCUT2D eigenvalue weighted by Crippen LogP contribution is -2.14. The van der Waals surface area contributed by atoms with Crippen molar-refractivity contribution in [2.75, 3.05) is 13.2 Å². The first-order valence-electron chi connectivity index (χ1n) is 7.51. The van der Waals surface area contributed by atoms with Gasteiger partial charge in [0.2, 0.25) is 0 Å². The maximum Gasteiger partial charge on any atom is 0.344 e. The van der Waals surface area contributed by atoms with E-state index in [0.717, 1.165) is 22.4 Å². The Morgan fingerprint density at radius 1 is 1.17 bits per heavy atom. The Morgan fingerprint density at radius 2 is 1.96 bits per heavy atom. The Bertz CT molecular complexity index is 822. The van der Waals surface area contributed by atoms with Crippen LogP contribution in [0.3, 0.4) is 0 Å². The molecule has 1 N–H and O–H groups in total. The number of imidazole rings is 1. The standard InChI is InChI=1S/C18H18N2O3/c1-3-22-17(21)11-23-14-7-5-13(6-8-14)18-19-15-9-4-12(2)10-16(15)20-18/h4-10H,3,11H2,1-2H3,(H,19,20). The lowest BCUT2D eigenvalue weighted by atomic mass is 10.2. The third-order valence-electron chi connectivity index (χ3n) is 3.43. The van der Waals surface area contributed by atoms with Gasteiger partial charge in [-0.2, -0.15) is 0 Å². The molecule has 3 rings (SSSR count). The van der Waals surface area contributed by atoms with Gasteiger partial charge in [0.05, 0.1) is 17.6 Å². The van der Waals surface area contributed by atoms with E-state index in [2.05, 4.69) is 23.0 Å². The Hall–Kier alpha value is -2.82. The van der Waals surface area contributed by atoms with Crippen LogP contribution in [0.1, 0.15) is 12.5 Å². The molecule has 1 heterocycles. The van der Waals surface area contributed by atoms with Crippen LogP contribution in [0.2, 0.25) is 0 Å². The second kappa shape index (κ2) is 6.52. The molecule has 0 aliphatic rings. The van der Waals surface area contributed by atoms with Gasteiger partial charge in [0.25, 0.3) is 0 Å². The number of nitrogens with zero attached hydrogens (tertiary/aromatic N) is 1. The van der Waals surface area contributed by atoms with Crippen molar-refractivity contribution in [2.45, 2.75) is 13.8 Å². The van der Waals surface area contributed by atoms with Crippen molar-refractivity contribution in [1.82, 2.24) is 9.97 Å². The number of nitrogens with one attached hydrogen (secondary N) is 1. The average Bonchev–Trinajstić information content (AvgIpc) is 2.97. The molecule has 5 heteroatoms. The fourth-order valence-electron chi connectivity index (χ4n) is 2.31. The first-order valence-corrected chi connectivity index (χ1v) is 7.51. The fourth-order valence-corrected chi connectivity index (χ4v) is 2.31. The largest absolute Gasteiger partial charge is 0.482 e. The molecule has 2 aromatic carbocycles. The molecule has 0 atom stereocenters. The topological polar surface area (TPSA) is 64.2 Å². The molecule has 5 nitrogen and oxygen atoms in total. The van der Waals surface area contributed by atoms with Gasteiger partial charge in [-0.25, -0.2) is 9.78 Å². The molecule has 0 aliphatic carbocycles. The number of hydrogen-bond donors (Lipinski definition) is 1. The predicted octanol–water partition coefficient (Wildman–Crippen LogP) is 3.48. The molecule has 0 fully saturated rings. The zero-order valence-electron chi connectivity index (χ0n) is 13.1. The minimum atomic E-state index is -0.371. The number of benzene rings is 2. The Morgan fingerprint density at radius 3 is 2.70 bits per heavy atom. The molecule has 118 valence electrons. The van der Waals surface area contributed by atoms with Crippen LogP contribution in [0.15, 0.2) is 42.5 Å². The smallest absolute Gasteiger partial charge is 0.344 e. The number of aryl methyl sites for hydroxylation is 1. The summed E-state index contributed by atoms with van der Waals surface area (Å²) in [5, 5.41) is 0. The summed E-state index contributed by atoms with van der Waals surface area (Å²) >= 11 is 0. The van der Waals surface area contributed by atoms with E-state index < -0.39 is 0 Å². The van der Waals surface area contributed by atoms with Gasteiger partial charge < -0.3 is 14.5 Å². The van der Waals surface area contributed by atoms with E-state index in [1.807, 2.05) is 36.4 Å². The minimum absolute atomic E-state index is 0.0862. The number of hydrogen-bond acceptors (Lipinski definition) is 4. The molecule has 0 saturated heterocycles. The van der Waals surface area contributed by atoms with Gasteiger partial charge in [0, 0.05) is 5.56 Å². The van der Waals surface area contributed by atoms with Crippen molar-refractivity contribution < 1.29 is 14.3 Å². The number of ether oxygens (including phenoxy) is 2. The molecule has 0 radical (unpaired) electrons. The lowest BCUT2D eigenvalue weighted by Gasteiger charge is -2.06. The van der Waals surface area contributed by atoms with Gasteiger partial charge in [0.15, 0.2) is 6.61 Å². The highest BCUT2D eigenvalue weighted by Gasteiger charge is 2.07. The molecule has 0 spiro atoms. The maximum atomic E-state index is 11.3. The summed E-state index contributed by atoms with van der Waals surface area (Å²) < 4.78 is 10.2. The van der Waals surface area contributed by atoms with E-state index >= 15 is 0 Å². The number of carbonyl (C=O) groups excluding carboxylic acids is 1. The molecular formula is C18H18N2O3. The summed E-state index contributed by atoms with van der Waals surface area (Å²) in [5.74, 6) is 1.06. The third-order valence-corrected chi connectivity index (χ3v) is 3.43. The normalized spacial score (nSPS) is 10.7. The number of H-pyrrole nitrogens is 1. The van der Waals surface area contributed by atoms with Crippen LogP contribution in [0.25, 0.3) is 22.4 Å². The molecule has 1 aromatic heterocycles. The van der Waals surface area contributed by atoms with Crippen LogP contribution in [-0.4, -0.2) is 29.2 Å². The molecule has 3 aromatic rings. The second-order valence-electron chi connectivity index (χ2n) is 5.22. The van der Waals surface area contributed by atoms with Crippen molar-refractivity contribution in [2.24, 2.45) is 0 Å². The average molecular weight is 310 g/mol. The number of fused-ring (bicyclic) bond motifs is 1. The van der Waals surface area contributed by atoms with Crippen LogP contribution < -0.4 is 4.74 Å². The summed E-state index contributed by atoms with van der Waals surface area (Å²) in [4.78, 5) is 19.2. The first-order chi connectivity index (χ1) is 11.2. The van der Waals surface area contributed by atoms with E-state index in [1.165, 1.54) is 5.56 Å². The maximum absolute atomic E-state index is 11.3. The lowest BCUT2D eigenvalue weighted by molar-refractivity contribution is -0.145. The van der Waals surface area contributed by atoms with E-state index in [1.54, 1.807) is 6.92 Å². The molecule has 23 heavy (non-hydrogen) atoms. The van der Waals surface area contributed by atoms with Crippen LogP contribution in [0.5, 0.6) is 5.75 Å². The molecule has 0 aliphatic heterocycles. The zero-order valence-corrected chi connectivity index (χ0v) is 13.1. The summed E-state index contributed by atoms with van der Waals surface area (Å²) in [7, 11) is 0.